The maximum atomic E-state index is 11.8. The highest BCUT2D eigenvalue weighted by Crippen LogP contribution is 2.51. The van der Waals surface area contributed by atoms with Crippen LogP contribution in [0.3, 0.4) is 0 Å². The minimum atomic E-state index is 0.243. The molecular formula is C11H18N2O. The summed E-state index contributed by atoms with van der Waals surface area (Å²) in [6, 6.07) is 0.506. The van der Waals surface area contributed by atoms with Crippen LogP contribution < -0.4 is 10.6 Å². The monoisotopic (exact) mass is 194 g/mol. The fraction of sp³-hybridized carbons (Fsp3) is 0.909. The van der Waals surface area contributed by atoms with Gasteiger partial charge in [-0.25, -0.2) is 0 Å². The van der Waals surface area contributed by atoms with Gasteiger partial charge in [-0.3, -0.25) is 4.79 Å². The van der Waals surface area contributed by atoms with E-state index in [4.69, 9.17) is 0 Å². The Morgan fingerprint density at radius 2 is 2.00 bits per heavy atom. The largest absolute Gasteiger partial charge is 0.353 e. The standard InChI is InChI=1S/C11H18N2O/c14-11(7-1-2-12-6-7)13-10-4-8-3-9(8)5-10/h7-10,12H,1-6H2,(H,13,14). The minimum Gasteiger partial charge on any atom is -0.353 e. The molecule has 3 rings (SSSR count). The van der Waals surface area contributed by atoms with Crippen LogP contribution in [0.15, 0.2) is 0 Å². The van der Waals surface area contributed by atoms with E-state index in [9.17, 15) is 4.79 Å². The van der Waals surface area contributed by atoms with Gasteiger partial charge in [0.25, 0.3) is 0 Å². The van der Waals surface area contributed by atoms with Crippen LogP contribution in [0.2, 0.25) is 0 Å². The van der Waals surface area contributed by atoms with Crippen LogP contribution in [-0.4, -0.2) is 25.0 Å². The fourth-order valence-corrected chi connectivity index (χ4v) is 3.03. The predicted molar refractivity (Wildman–Crippen MR) is 53.7 cm³/mol. The lowest BCUT2D eigenvalue weighted by Crippen LogP contribution is -2.38. The molecule has 1 amide bonds. The lowest BCUT2D eigenvalue weighted by Gasteiger charge is -2.16. The summed E-state index contributed by atoms with van der Waals surface area (Å²) in [4.78, 5) is 11.8. The van der Waals surface area contributed by atoms with Crippen molar-refractivity contribution in [1.82, 2.24) is 10.6 Å². The predicted octanol–water partition coefficient (Wildman–Crippen LogP) is 0.511. The molecule has 1 aliphatic heterocycles. The van der Waals surface area contributed by atoms with Crippen LogP contribution in [-0.2, 0) is 4.79 Å². The van der Waals surface area contributed by atoms with Gasteiger partial charge < -0.3 is 10.6 Å². The first kappa shape index (κ1) is 8.72. The molecule has 0 aromatic rings. The lowest BCUT2D eigenvalue weighted by atomic mass is 10.1. The SMILES string of the molecule is O=C(NC1CC2CC2C1)C1CCNC1. The molecule has 0 bridgehead atoms. The lowest BCUT2D eigenvalue weighted by molar-refractivity contribution is -0.125. The number of hydrogen-bond donors (Lipinski definition) is 2. The molecule has 3 atom stereocenters. The second-order valence-corrected chi connectivity index (χ2v) is 5.12. The third-order valence-corrected chi connectivity index (χ3v) is 4.02. The van der Waals surface area contributed by atoms with E-state index in [1.165, 1.54) is 19.3 Å². The van der Waals surface area contributed by atoms with Crippen molar-refractivity contribution in [3.05, 3.63) is 0 Å². The number of rotatable bonds is 2. The van der Waals surface area contributed by atoms with Crippen molar-refractivity contribution in [3.8, 4) is 0 Å². The van der Waals surface area contributed by atoms with Gasteiger partial charge in [-0.2, -0.15) is 0 Å². The molecule has 1 heterocycles. The molecule has 3 aliphatic rings. The molecule has 14 heavy (non-hydrogen) atoms. The third-order valence-electron chi connectivity index (χ3n) is 4.02. The summed E-state index contributed by atoms with van der Waals surface area (Å²) in [5.74, 6) is 2.46. The third kappa shape index (κ3) is 1.54. The zero-order valence-electron chi connectivity index (χ0n) is 8.46. The summed E-state index contributed by atoms with van der Waals surface area (Å²) in [5.41, 5.74) is 0. The number of fused-ring (bicyclic) bond motifs is 1. The van der Waals surface area contributed by atoms with Gasteiger partial charge in [0.2, 0.25) is 5.91 Å². The van der Waals surface area contributed by atoms with Gasteiger partial charge in [-0.15, -0.1) is 0 Å². The number of carbonyl (C=O) groups excluding carboxylic acids is 1. The second kappa shape index (κ2) is 3.23. The van der Waals surface area contributed by atoms with E-state index in [-0.39, 0.29) is 5.92 Å². The van der Waals surface area contributed by atoms with Crippen molar-refractivity contribution in [2.45, 2.75) is 31.7 Å². The summed E-state index contributed by atoms with van der Waals surface area (Å²) >= 11 is 0. The van der Waals surface area contributed by atoms with Crippen molar-refractivity contribution in [2.24, 2.45) is 17.8 Å². The van der Waals surface area contributed by atoms with Crippen molar-refractivity contribution in [3.63, 3.8) is 0 Å². The Kier molecular flexibility index (Phi) is 2.01. The molecule has 3 heteroatoms. The molecule has 2 N–H and O–H groups in total. The van der Waals surface area contributed by atoms with Crippen LogP contribution in [0, 0.1) is 17.8 Å². The van der Waals surface area contributed by atoms with Crippen molar-refractivity contribution < 1.29 is 4.79 Å². The molecular weight excluding hydrogens is 176 g/mol. The molecule has 0 aromatic carbocycles. The van der Waals surface area contributed by atoms with Crippen LogP contribution in [0.25, 0.3) is 0 Å². The Bertz CT molecular complexity index is 238. The van der Waals surface area contributed by atoms with E-state index in [0.717, 1.165) is 31.3 Å². The van der Waals surface area contributed by atoms with E-state index in [0.29, 0.717) is 11.9 Å². The van der Waals surface area contributed by atoms with Gasteiger partial charge in [0.15, 0.2) is 0 Å². The van der Waals surface area contributed by atoms with E-state index < -0.39 is 0 Å². The zero-order valence-corrected chi connectivity index (χ0v) is 8.46. The highest BCUT2D eigenvalue weighted by Gasteiger charge is 2.46. The summed E-state index contributed by atoms with van der Waals surface area (Å²) in [6.45, 7) is 1.89. The average Bonchev–Trinajstić information content (AvgIpc) is 2.69. The molecule has 3 nitrogen and oxygen atoms in total. The highest BCUT2D eigenvalue weighted by atomic mass is 16.2. The number of amides is 1. The molecule has 3 unspecified atom stereocenters. The fourth-order valence-electron chi connectivity index (χ4n) is 3.03. The minimum absolute atomic E-state index is 0.243. The van der Waals surface area contributed by atoms with E-state index in [2.05, 4.69) is 10.6 Å². The Morgan fingerprint density at radius 1 is 1.21 bits per heavy atom. The molecule has 2 saturated carbocycles. The molecule has 78 valence electrons. The molecule has 0 aromatic heterocycles. The Balaban J connectivity index is 1.49. The maximum Gasteiger partial charge on any atom is 0.224 e. The van der Waals surface area contributed by atoms with Gasteiger partial charge >= 0.3 is 0 Å². The Morgan fingerprint density at radius 3 is 2.64 bits per heavy atom. The van der Waals surface area contributed by atoms with Gasteiger partial charge in [0.1, 0.15) is 0 Å². The number of carbonyl (C=O) groups is 1. The summed E-state index contributed by atoms with van der Waals surface area (Å²) < 4.78 is 0. The van der Waals surface area contributed by atoms with E-state index in [1.54, 1.807) is 0 Å². The molecule has 3 fully saturated rings. The summed E-state index contributed by atoms with van der Waals surface area (Å²) in [5, 5.41) is 6.44. The molecule has 1 saturated heterocycles. The van der Waals surface area contributed by atoms with E-state index in [1.807, 2.05) is 0 Å². The van der Waals surface area contributed by atoms with Crippen molar-refractivity contribution >= 4 is 5.91 Å². The second-order valence-electron chi connectivity index (χ2n) is 5.12. The smallest absolute Gasteiger partial charge is 0.224 e. The van der Waals surface area contributed by atoms with Crippen molar-refractivity contribution in [2.75, 3.05) is 13.1 Å². The number of hydrogen-bond acceptors (Lipinski definition) is 2. The van der Waals surface area contributed by atoms with E-state index >= 15 is 0 Å². The zero-order chi connectivity index (χ0) is 9.54. The Hall–Kier alpha value is -0.570. The van der Waals surface area contributed by atoms with Gasteiger partial charge in [-0.1, -0.05) is 0 Å². The van der Waals surface area contributed by atoms with Gasteiger partial charge in [0.05, 0.1) is 5.92 Å². The van der Waals surface area contributed by atoms with Crippen molar-refractivity contribution in [1.29, 1.82) is 0 Å². The van der Waals surface area contributed by atoms with Crippen LogP contribution in [0.4, 0.5) is 0 Å². The molecule has 0 radical (unpaired) electrons. The van der Waals surface area contributed by atoms with Crippen LogP contribution in [0.1, 0.15) is 25.7 Å². The first-order chi connectivity index (χ1) is 6.83. The first-order valence-corrected chi connectivity index (χ1v) is 5.84. The summed E-state index contributed by atoms with van der Waals surface area (Å²) in [7, 11) is 0. The highest BCUT2D eigenvalue weighted by molar-refractivity contribution is 5.79. The first-order valence-electron chi connectivity index (χ1n) is 5.84. The quantitative estimate of drug-likeness (QED) is 0.672. The average molecular weight is 194 g/mol. The van der Waals surface area contributed by atoms with Crippen LogP contribution in [0.5, 0.6) is 0 Å². The van der Waals surface area contributed by atoms with Crippen LogP contribution >= 0.6 is 0 Å². The maximum absolute atomic E-state index is 11.8. The summed E-state index contributed by atoms with van der Waals surface area (Å²) in [6.07, 6.45) is 4.94. The molecule has 0 spiro atoms. The normalized spacial score (nSPS) is 44.9. The van der Waals surface area contributed by atoms with Gasteiger partial charge in [0, 0.05) is 12.6 Å². The van der Waals surface area contributed by atoms with Gasteiger partial charge in [-0.05, 0) is 44.1 Å². The topological polar surface area (TPSA) is 41.1 Å². The molecule has 2 aliphatic carbocycles. The Labute approximate surface area is 84.6 Å². The number of nitrogens with one attached hydrogen (secondary N) is 2.